The maximum atomic E-state index is 14.6. The lowest BCUT2D eigenvalue weighted by atomic mass is 9.68. The highest BCUT2D eigenvalue weighted by atomic mass is 19.1. The van der Waals surface area contributed by atoms with Crippen molar-refractivity contribution in [3.05, 3.63) is 66.5 Å². The van der Waals surface area contributed by atoms with Gasteiger partial charge in [-0.25, -0.2) is 24.1 Å². The van der Waals surface area contributed by atoms with Gasteiger partial charge in [-0.05, 0) is 68.2 Å². The minimum atomic E-state index is -0.493. The predicted octanol–water partition coefficient (Wildman–Crippen LogP) is 5.14. The normalized spacial score (nSPS) is 21.8. The molecule has 2 saturated heterocycles. The standard InChI is InChI=1S/C36H41FN10O3/c1-21(2)32(23-10-25(11-23)43-26-13-29(35(48)49-3)44-41-14-26)47-17-36(18-47)8-9-46(16-36)33-34(45-42-20-40-33)50-30-7-6-24(37)12-27(30)28-15-38-19-39-31(28)22-4-5-22/h6-7,12-15,19-23,25,32H,4-5,8-11,16-18H2,1-3H3,(H,43,44)/t23?,25?,32-/m1/s1. The van der Waals surface area contributed by atoms with Gasteiger partial charge in [-0.15, -0.1) is 15.3 Å². The van der Waals surface area contributed by atoms with Crippen molar-refractivity contribution in [3.8, 4) is 22.8 Å². The van der Waals surface area contributed by atoms with Gasteiger partial charge in [0.1, 0.15) is 24.2 Å². The van der Waals surface area contributed by atoms with Crippen molar-refractivity contribution in [3.63, 3.8) is 0 Å². The predicted molar refractivity (Wildman–Crippen MR) is 182 cm³/mol. The molecule has 3 aromatic heterocycles. The molecule has 1 atom stereocenters. The van der Waals surface area contributed by atoms with Gasteiger partial charge in [0.25, 0.3) is 5.88 Å². The molecule has 2 aliphatic heterocycles. The highest BCUT2D eigenvalue weighted by Gasteiger charge is 2.53. The molecule has 4 aromatic rings. The third kappa shape index (κ3) is 6.32. The number of hydrogen-bond acceptors (Lipinski definition) is 13. The quantitative estimate of drug-likeness (QED) is 0.209. The first kappa shape index (κ1) is 32.4. The second-order valence-electron chi connectivity index (χ2n) is 14.6. The number of rotatable bonds is 11. The number of carbonyl (C=O) groups excluding carboxylic acids is 1. The second kappa shape index (κ2) is 13.1. The minimum absolute atomic E-state index is 0.172. The van der Waals surface area contributed by atoms with E-state index in [4.69, 9.17) is 9.47 Å². The van der Waals surface area contributed by atoms with Gasteiger partial charge < -0.3 is 19.7 Å². The first-order valence-corrected chi connectivity index (χ1v) is 17.4. The first-order valence-electron chi connectivity index (χ1n) is 17.4. The van der Waals surface area contributed by atoms with Crippen LogP contribution in [0.4, 0.5) is 15.9 Å². The average Bonchev–Trinajstić information content (AvgIpc) is 3.85. The molecule has 1 N–H and O–H groups in total. The lowest BCUT2D eigenvalue weighted by Gasteiger charge is -2.57. The molecule has 4 aliphatic rings. The van der Waals surface area contributed by atoms with Crippen LogP contribution in [-0.2, 0) is 4.74 Å². The Hall–Kier alpha value is -4.85. The van der Waals surface area contributed by atoms with Crippen LogP contribution in [0.2, 0.25) is 0 Å². The number of anilines is 2. The maximum Gasteiger partial charge on any atom is 0.358 e. The Labute approximate surface area is 290 Å². The van der Waals surface area contributed by atoms with E-state index in [0.29, 0.717) is 52.8 Å². The van der Waals surface area contributed by atoms with Crippen molar-refractivity contribution < 1.29 is 18.7 Å². The van der Waals surface area contributed by atoms with Crippen LogP contribution in [0.1, 0.15) is 68.1 Å². The van der Waals surface area contributed by atoms with Gasteiger partial charge in [0.2, 0.25) is 0 Å². The van der Waals surface area contributed by atoms with E-state index in [1.807, 2.05) is 0 Å². The zero-order chi connectivity index (χ0) is 34.4. The molecule has 0 bridgehead atoms. The fraction of sp³-hybridized carbons (Fsp3) is 0.500. The van der Waals surface area contributed by atoms with Gasteiger partial charge in [0.05, 0.1) is 24.7 Å². The summed E-state index contributed by atoms with van der Waals surface area (Å²) in [5, 5.41) is 19.8. The SMILES string of the molecule is COC(=O)c1cc(NC2CC([C@@H](C(C)C)N3CC4(CCN(c5ncnnc5Oc5ccc(F)cc5-c5cncnc5C5CC5)C4)C3)C2)cnn1. The Kier molecular flexibility index (Phi) is 8.49. The molecule has 4 fully saturated rings. The molecule has 1 aromatic carbocycles. The fourth-order valence-corrected chi connectivity index (χ4v) is 8.28. The average molecular weight is 681 g/mol. The van der Waals surface area contributed by atoms with Crippen LogP contribution in [-0.4, -0.2) is 91.6 Å². The lowest BCUT2D eigenvalue weighted by Crippen LogP contribution is -2.65. The molecule has 260 valence electrons. The summed E-state index contributed by atoms with van der Waals surface area (Å²) in [6.07, 6.45) is 11.7. The number of hydrogen-bond donors (Lipinski definition) is 1. The number of benzene rings is 1. The third-order valence-corrected chi connectivity index (χ3v) is 10.7. The minimum Gasteiger partial charge on any atom is -0.464 e. The zero-order valence-electron chi connectivity index (χ0n) is 28.5. The van der Waals surface area contributed by atoms with Crippen molar-refractivity contribution in [1.82, 2.24) is 40.2 Å². The molecule has 0 radical (unpaired) electrons. The van der Waals surface area contributed by atoms with Gasteiger partial charge >= 0.3 is 5.97 Å². The molecular formula is C36H41FN10O3. The van der Waals surface area contributed by atoms with Crippen LogP contribution >= 0.6 is 0 Å². The second-order valence-corrected chi connectivity index (χ2v) is 14.6. The summed E-state index contributed by atoms with van der Waals surface area (Å²) < 4.78 is 25.8. The topological polar surface area (TPSA) is 144 Å². The largest absolute Gasteiger partial charge is 0.464 e. The molecule has 2 aliphatic carbocycles. The van der Waals surface area contributed by atoms with Gasteiger partial charge in [0.15, 0.2) is 11.5 Å². The van der Waals surface area contributed by atoms with Crippen LogP contribution in [0, 0.1) is 23.1 Å². The van der Waals surface area contributed by atoms with E-state index in [-0.39, 0.29) is 16.9 Å². The van der Waals surface area contributed by atoms with Gasteiger partial charge in [-0.1, -0.05) is 13.8 Å². The van der Waals surface area contributed by atoms with Crippen molar-refractivity contribution >= 4 is 17.5 Å². The molecule has 50 heavy (non-hydrogen) atoms. The number of nitrogens with zero attached hydrogens (tertiary/aromatic N) is 9. The molecule has 0 amide bonds. The van der Waals surface area contributed by atoms with Gasteiger partial charge in [-0.2, -0.15) is 5.10 Å². The van der Waals surface area contributed by atoms with Gasteiger partial charge in [-0.3, -0.25) is 4.90 Å². The monoisotopic (exact) mass is 680 g/mol. The highest BCUT2D eigenvalue weighted by Crippen LogP contribution is 2.49. The zero-order valence-corrected chi connectivity index (χ0v) is 28.5. The Morgan fingerprint density at radius 3 is 2.64 bits per heavy atom. The summed E-state index contributed by atoms with van der Waals surface area (Å²) in [4.78, 5) is 30.2. The number of aromatic nitrogens is 7. The molecule has 1 spiro atoms. The maximum absolute atomic E-state index is 14.6. The molecule has 0 unspecified atom stereocenters. The van der Waals surface area contributed by atoms with Crippen LogP contribution in [0.5, 0.6) is 11.6 Å². The Bertz CT molecular complexity index is 1880. The molecule has 14 heteroatoms. The van der Waals surface area contributed by atoms with Gasteiger partial charge in [0, 0.05) is 66.9 Å². The molecule has 13 nitrogen and oxygen atoms in total. The van der Waals surface area contributed by atoms with E-state index in [1.165, 1.54) is 25.6 Å². The fourth-order valence-electron chi connectivity index (χ4n) is 8.28. The summed E-state index contributed by atoms with van der Waals surface area (Å²) in [5.41, 5.74) is 3.44. The van der Waals surface area contributed by atoms with Crippen LogP contribution in [0.15, 0.2) is 49.3 Å². The summed E-state index contributed by atoms with van der Waals surface area (Å²) in [7, 11) is 1.34. The number of likely N-dealkylation sites (tertiary alicyclic amines) is 1. The van der Waals surface area contributed by atoms with E-state index in [9.17, 15) is 9.18 Å². The summed E-state index contributed by atoms with van der Waals surface area (Å²) in [6, 6.07) is 7.01. The van der Waals surface area contributed by atoms with Crippen LogP contribution in [0.25, 0.3) is 11.1 Å². The van der Waals surface area contributed by atoms with Crippen molar-refractivity contribution in [1.29, 1.82) is 0 Å². The first-order chi connectivity index (χ1) is 24.3. The highest BCUT2D eigenvalue weighted by molar-refractivity contribution is 5.87. The number of esters is 1. The number of methoxy groups -OCH3 is 1. The van der Waals surface area contributed by atoms with Crippen LogP contribution in [0.3, 0.4) is 0 Å². The van der Waals surface area contributed by atoms with E-state index < -0.39 is 5.97 Å². The Morgan fingerprint density at radius 2 is 1.86 bits per heavy atom. The number of halogens is 1. The molecule has 5 heterocycles. The molecule has 2 saturated carbocycles. The van der Waals surface area contributed by atoms with Crippen molar-refractivity contribution in [2.45, 2.75) is 64.0 Å². The summed E-state index contributed by atoms with van der Waals surface area (Å²) in [5.74, 6) is 2.02. The summed E-state index contributed by atoms with van der Waals surface area (Å²) in [6.45, 7) is 8.40. The van der Waals surface area contributed by atoms with E-state index in [0.717, 1.165) is 75.2 Å². The Balaban J connectivity index is 0.919. The number of nitrogens with one attached hydrogen (secondary N) is 1. The van der Waals surface area contributed by atoms with Crippen molar-refractivity contribution in [2.24, 2.45) is 17.3 Å². The summed E-state index contributed by atoms with van der Waals surface area (Å²) >= 11 is 0. The lowest BCUT2D eigenvalue weighted by molar-refractivity contribution is -0.0656. The molecular weight excluding hydrogens is 639 g/mol. The molecule has 8 rings (SSSR count). The van der Waals surface area contributed by atoms with E-state index in [2.05, 4.69) is 64.3 Å². The number of ether oxygens (including phenoxy) is 2. The third-order valence-electron chi connectivity index (χ3n) is 10.7. The smallest absolute Gasteiger partial charge is 0.358 e. The van der Waals surface area contributed by atoms with Crippen molar-refractivity contribution in [2.75, 3.05) is 43.5 Å². The van der Waals surface area contributed by atoms with E-state index >= 15 is 0 Å². The van der Waals surface area contributed by atoms with Crippen LogP contribution < -0.4 is 15.0 Å². The number of carbonyl (C=O) groups is 1. The van der Waals surface area contributed by atoms with E-state index in [1.54, 1.807) is 30.9 Å². The Morgan fingerprint density at radius 1 is 1.02 bits per heavy atom.